The van der Waals surface area contributed by atoms with E-state index in [1.807, 2.05) is 32.5 Å². The molecule has 2 N–H and O–H groups in total. The maximum Gasteiger partial charge on any atom is 0.323 e. The molecule has 0 spiro atoms. The Bertz CT molecular complexity index is 409. The first-order valence-corrected chi connectivity index (χ1v) is 7.83. The van der Waals surface area contributed by atoms with E-state index in [1.165, 1.54) is 5.75 Å². The summed E-state index contributed by atoms with van der Waals surface area (Å²) in [6, 6.07) is 0.808. The molecule has 1 aliphatic heterocycles. The Balaban J connectivity index is 2.12. The van der Waals surface area contributed by atoms with Gasteiger partial charge in [-0.1, -0.05) is 0 Å². The Morgan fingerprint density at radius 2 is 2.11 bits per heavy atom. The number of ether oxygens (including phenoxy) is 1. The summed E-state index contributed by atoms with van der Waals surface area (Å²) in [7, 11) is 0. The quantitative estimate of drug-likeness (QED) is 0.827. The maximum atomic E-state index is 5.56. The highest BCUT2D eigenvalue weighted by Crippen LogP contribution is 2.21. The van der Waals surface area contributed by atoms with E-state index in [9.17, 15) is 0 Å². The molecule has 7 heteroatoms. The molecule has 106 valence electrons. The van der Waals surface area contributed by atoms with Crippen molar-refractivity contribution in [2.45, 2.75) is 39.3 Å². The van der Waals surface area contributed by atoms with Crippen LogP contribution < -0.4 is 15.4 Å². The van der Waals surface area contributed by atoms with Gasteiger partial charge in [-0.3, -0.25) is 0 Å². The fraction of sp³-hybridized carbons (Fsp3) is 0.750. The fourth-order valence-corrected chi connectivity index (χ4v) is 2.91. The molecule has 6 nitrogen and oxygen atoms in total. The van der Waals surface area contributed by atoms with Crippen molar-refractivity contribution in [1.29, 1.82) is 0 Å². The molecule has 1 fully saturated rings. The molecule has 1 aromatic heterocycles. The van der Waals surface area contributed by atoms with Crippen molar-refractivity contribution < 1.29 is 4.74 Å². The van der Waals surface area contributed by atoms with Gasteiger partial charge in [0.15, 0.2) is 0 Å². The molecule has 1 saturated heterocycles. The second kappa shape index (κ2) is 6.79. The Labute approximate surface area is 118 Å². The third-order valence-electron chi connectivity index (χ3n) is 2.55. The number of rotatable bonds is 6. The third-order valence-corrected chi connectivity index (χ3v) is 3.72. The average Bonchev–Trinajstić information content (AvgIpc) is 2.81. The van der Waals surface area contributed by atoms with Crippen LogP contribution in [0.4, 0.5) is 11.9 Å². The predicted molar refractivity (Wildman–Crippen MR) is 79.1 cm³/mol. The van der Waals surface area contributed by atoms with Gasteiger partial charge in [0, 0.05) is 18.3 Å². The monoisotopic (exact) mass is 283 g/mol. The van der Waals surface area contributed by atoms with Gasteiger partial charge in [-0.05, 0) is 32.9 Å². The van der Waals surface area contributed by atoms with Crippen molar-refractivity contribution in [2.24, 2.45) is 0 Å². The summed E-state index contributed by atoms with van der Waals surface area (Å²) >= 11 is 1.95. The lowest BCUT2D eigenvalue weighted by atomic mass is 10.3. The van der Waals surface area contributed by atoms with Crippen LogP contribution in [0, 0.1) is 0 Å². The van der Waals surface area contributed by atoms with Crippen LogP contribution in [0.3, 0.4) is 0 Å². The van der Waals surface area contributed by atoms with Crippen LogP contribution in [0.15, 0.2) is 0 Å². The van der Waals surface area contributed by atoms with E-state index in [2.05, 4.69) is 25.6 Å². The first-order chi connectivity index (χ1) is 9.17. The van der Waals surface area contributed by atoms with Crippen molar-refractivity contribution in [2.75, 3.05) is 28.7 Å². The SMILES string of the molecule is CCNc1nc(NC2CCSC2)nc(OC(C)C)n1. The molecule has 1 aromatic rings. The average molecular weight is 283 g/mol. The smallest absolute Gasteiger partial charge is 0.323 e. The van der Waals surface area contributed by atoms with Crippen LogP contribution in [0.2, 0.25) is 0 Å². The van der Waals surface area contributed by atoms with Gasteiger partial charge >= 0.3 is 6.01 Å². The lowest BCUT2D eigenvalue weighted by molar-refractivity contribution is 0.222. The maximum absolute atomic E-state index is 5.56. The number of aromatic nitrogens is 3. The van der Waals surface area contributed by atoms with Gasteiger partial charge in [-0.15, -0.1) is 0 Å². The van der Waals surface area contributed by atoms with Crippen molar-refractivity contribution >= 4 is 23.7 Å². The zero-order valence-electron chi connectivity index (χ0n) is 11.6. The lowest BCUT2D eigenvalue weighted by Crippen LogP contribution is -2.21. The van der Waals surface area contributed by atoms with E-state index in [-0.39, 0.29) is 6.10 Å². The summed E-state index contributed by atoms with van der Waals surface area (Å²) in [6.45, 7) is 6.69. The number of hydrogen-bond acceptors (Lipinski definition) is 7. The standard InChI is InChI=1S/C12H21N5OS/c1-4-13-10-15-11(14-9-5-6-19-7-9)17-12(16-10)18-8(2)3/h8-9H,4-7H2,1-3H3,(H2,13,14,15,16,17). The molecule has 1 aliphatic rings. The van der Waals surface area contributed by atoms with E-state index in [1.54, 1.807) is 0 Å². The zero-order valence-corrected chi connectivity index (χ0v) is 12.5. The largest absolute Gasteiger partial charge is 0.461 e. The number of hydrogen-bond donors (Lipinski definition) is 2. The van der Waals surface area contributed by atoms with E-state index < -0.39 is 0 Å². The van der Waals surface area contributed by atoms with Crippen molar-refractivity contribution in [3.8, 4) is 6.01 Å². The van der Waals surface area contributed by atoms with Crippen LogP contribution in [0.25, 0.3) is 0 Å². The minimum absolute atomic E-state index is 0.0479. The minimum Gasteiger partial charge on any atom is -0.461 e. The normalized spacial score (nSPS) is 18.6. The van der Waals surface area contributed by atoms with Gasteiger partial charge in [-0.2, -0.15) is 26.7 Å². The highest BCUT2D eigenvalue weighted by molar-refractivity contribution is 7.99. The molecule has 19 heavy (non-hydrogen) atoms. The molecule has 0 radical (unpaired) electrons. The van der Waals surface area contributed by atoms with Crippen molar-refractivity contribution in [1.82, 2.24) is 15.0 Å². The van der Waals surface area contributed by atoms with Gasteiger partial charge < -0.3 is 15.4 Å². The molecule has 2 rings (SSSR count). The second-order valence-electron chi connectivity index (χ2n) is 4.67. The molecule has 0 bridgehead atoms. The molecule has 1 atom stereocenters. The van der Waals surface area contributed by atoms with Crippen LogP contribution >= 0.6 is 11.8 Å². The van der Waals surface area contributed by atoms with Gasteiger partial charge in [0.25, 0.3) is 0 Å². The Morgan fingerprint density at radius 1 is 1.32 bits per heavy atom. The molecule has 0 aromatic carbocycles. The zero-order chi connectivity index (χ0) is 13.7. The number of thioether (sulfide) groups is 1. The number of anilines is 2. The number of nitrogens with zero attached hydrogens (tertiary/aromatic N) is 3. The summed E-state index contributed by atoms with van der Waals surface area (Å²) < 4.78 is 5.56. The van der Waals surface area contributed by atoms with E-state index in [0.29, 0.717) is 23.9 Å². The van der Waals surface area contributed by atoms with Gasteiger partial charge in [-0.25, -0.2) is 0 Å². The van der Waals surface area contributed by atoms with Crippen LogP contribution in [0.5, 0.6) is 6.01 Å². The van der Waals surface area contributed by atoms with Crippen LogP contribution in [0.1, 0.15) is 27.2 Å². The molecule has 2 heterocycles. The highest BCUT2D eigenvalue weighted by atomic mass is 32.2. The fourth-order valence-electron chi connectivity index (χ4n) is 1.75. The molecule has 1 unspecified atom stereocenters. The summed E-state index contributed by atoms with van der Waals surface area (Å²) in [5.41, 5.74) is 0. The second-order valence-corrected chi connectivity index (χ2v) is 5.82. The van der Waals surface area contributed by atoms with Crippen molar-refractivity contribution in [3.05, 3.63) is 0 Å². The predicted octanol–water partition coefficient (Wildman–Crippen LogP) is 2.01. The van der Waals surface area contributed by atoms with Crippen LogP contribution in [-0.2, 0) is 0 Å². The third kappa shape index (κ3) is 4.41. The minimum atomic E-state index is 0.0479. The first-order valence-electron chi connectivity index (χ1n) is 6.68. The van der Waals surface area contributed by atoms with E-state index in [0.717, 1.165) is 18.7 Å². The van der Waals surface area contributed by atoms with Gasteiger partial charge in [0.1, 0.15) is 0 Å². The Kier molecular flexibility index (Phi) is 5.07. The van der Waals surface area contributed by atoms with Gasteiger partial charge in [0.05, 0.1) is 6.10 Å². The lowest BCUT2D eigenvalue weighted by Gasteiger charge is -2.14. The van der Waals surface area contributed by atoms with Crippen molar-refractivity contribution in [3.63, 3.8) is 0 Å². The highest BCUT2D eigenvalue weighted by Gasteiger charge is 2.17. The molecule has 0 aliphatic carbocycles. The summed E-state index contributed by atoms with van der Waals surface area (Å²) in [5, 5.41) is 6.45. The summed E-state index contributed by atoms with van der Waals surface area (Å²) in [5.74, 6) is 3.44. The molecular weight excluding hydrogens is 262 g/mol. The summed E-state index contributed by atoms with van der Waals surface area (Å²) in [4.78, 5) is 12.9. The van der Waals surface area contributed by atoms with E-state index in [4.69, 9.17) is 4.74 Å². The van der Waals surface area contributed by atoms with Gasteiger partial charge in [0.2, 0.25) is 11.9 Å². The first kappa shape index (κ1) is 14.2. The number of nitrogens with one attached hydrogen (secondary N) is 2. The Morgan fingerprint density at radius 3 is 2.74 bits per heavy atom. The topological polar surface area (TPSA) is 72.0 Å². The van der Waals surface area contributed by atoms with E-state index >= 15 is 0 Å². The molecule has 0 amide bonds. The summed E-state index contributed by atoms with van der Waals surface area (Å²) in [6.07, 6.45) is 1.19. The molecular formula is C12H21N5OS. The van der Waals surface area contributed by atoms with Crippen LogP contribution in [-0.4, -0.2) is 45.1 Å². The Hall–Kier alpha value is -1.24. The molecule has 0 saturated carbocycles.